The maximum absolute atomic E-state index is 12.5. The average molecular weight is 424 g/mol. The van der Waals surface area contributed by atoms with E-state index in [1.54, 1.807) is 17.9 Å². The number of fused-ring (bicyclic) bond motifs is 1. The molecule has 0 saturated carbocycles. The summed E-state index contributed by atoms with van der Waals surface area (Å²) < 4.78 is 4.18. The molecule has 0 radical (unpaired) electrons. The van der Waals surface area contributed by atoms with Gasteiger partial charge >= 0.3 is 0 Å². The maximum Gasteiger partial charge on any atom is 0.277 e. The van der Waals surface area contributed by atoms with Crippen molar-refractivity contribution in [2.45, 2.75) is 13.5 Å². The van der Waals surface area contributed by atoms with Gasteiger partial charge in [0.05, 0.1) is 28.6 Å². The highest BCUT2D eigenvalue weighted by Gasteiger charge is 2.18. The number of aryl methyl sites for hydroxylation is 1. The van der Waals surface area contributed by atoms with Gasteiger partial charge in [0.15, 0.2) is 5.69 Å². The summed E-state index contributed by atoms with van der Waals surface area (Å²) in [5, 5.41) is 13.9. The van der Waals surface area contributed by atoms with Crippen molar-refractivity contribution in [1.82, 2.24) is 19.6 Å². The summed E-state index contributed by atoms with van der Waals surface area (Å²) in [4.78, 5) is 12.5. The fourth-order valence-electron chi connectivity index (χ4n) is 3.04. The number of aromatic nitrogens is 4. The Kier molecular flexibility index (Phi) is 4.53. The molecule has 2 aromatic heterocycles. The normalized spacial score (nSPS) is 11.1. The fourth-order valence-corrected chi connectivity index (χ4v) is 3.55. The number of benzene rings is 2. The minimum absolute atomic E-state index is 0.268. The summed E-state index contributed by atoms with van der Waals surface area (Å²) in [6.45, 7) is 2.53. The van der Waals surface area contributed by atoms with Crippen molar-refractivity contribution >= 4 is 38.3 Å². The Morgan fingerprint density at radius 1 is 1.19 bits per heavy atom. The molecule has 4 rings (SSSR count). The number of carbonyl (C=O) groups excluding carboxylic acids is 1. The van der Waals surface area contributed by atoms with Crippen LogP contribution in [0.3, 0.4) is 0 Å². The molecule has 0 aliphatic carbocycles. The summed E-state index contributed by atoms with van der Waals surface area (Å²) in [6.07, 6.45) is 3.47. The van der Waals surface area contributed by atoms with Gasteiger partial charge in [-0.2, -0.15) is 10.2 Å². The summed E-state index contributed by atoms with van der Waals surface area (Å²) in [5.41, 5.74) is 3.07. The summed E-state index contributed by atoms with van der Waals surface area (Å²) in [5.74, 6) is -0.268. The first-order chi connectivity index (χ1) is 13.0. The zero-order chi connectivity index (χ0) is 19.0. The second-order valence-electron chi connectivity index (χ2n) is 6.39. The third-order valence-electron chi connectivity index (χ3n) is 4.58. The molecule has 136 valence electrons. The van der Waals surface area contributed by atoms with Crippen LogP contribution in [-0.2, 0) is 13.6 Å². The van der Waals surface area contributed by atoms with Gasteiger partial charge in [-0.3, -0.25) is 14.2 Å². The van der Waals surface area contributed by atoms with Crippen LogP contribution in [-0.4, -0.2) is 25.5 Å². The summed E-state index contributed by atoms with van der Waals surface area (Å²) >= 11 is 3.42. The lowest BCUT2D eigenvalue weighted by Gasteiger charge is -2.06. The highest BCUT2D eigenvalue weighted by atomic mass is 79.9. The Morgan fingerprint density at radius 3 is 2.74 bits per heavy atom. The summed E-state index contributed by atoms with van der Waals surface area (Å²) in [7, 11) is 1.80. The number of halogens is 1. The Balaban J connectivity index is 1.53. The van der Waals surface area contributed by atoms with Crippen LogP contribution < -0.4 is 5.32 Å². The minimum atomic E-state index is -0.268. The van der Waals surface area contributed by atoms with Crippen molar-refractivity contribution in [3.63, 3.8) is 0 Å². The molecule has 0 aliphatic rings. The van der Waals surface area contributed by atoms with Gasteiger partial charge in [-0.05, 0) is 39.2 Å². The molecule has 2 aromatic carbocycles. The van der Waals surface area contributed by atoms with Crippen LogP contribution in [0.5, 0.6) is 0 Å². The molecule has 2 heterocycles. The molecule has 0 aliphatic heterocycles. The van der Waals surface area contributed by atoms with Gasteiger partial charge in [0.1, 0.15) is 0 Å². The first kappa shape index (κ1) is 17.5. The maximum atomic E-state index is 12.5. The summed E-state index contributed by atoms with van der Waals surface area (Å²) in [6, 6.07) is 14.5. The van der Waals surface area contributed by atoms with Crippen LogP contribution in [0.1, 0.15) is 21.7 Å². The number of nitrogens with zero attached hydrogens (tertiary/aromatic N) is 4. The van der Waals surface area contributed by atoms with Crippen molar-refractivity contribution in [1.29, 1.82) is 0 Å². The van der Waals surface area contributed by atoms with Gasteiger partial charge in [0.2, 0.25) is 0 Å². The van der Waals surface area contributed by atoms with Crippen LogP contribution >= 0.6 is 15.9 Å². The van der Waals surface area contributed by atoms with Gasteiger partial charge < -0.3 is 5.32 Å². The standard InChI is InChI=1S/C20H18BrN5O/c1-13-18(21)19(24-25(13)2)20(27)23-16-10-22-26(12-16)11-15-8-5-7-14-6-3-4-9-17(14)15/h3-10,12H,11H2,1-2H3,(H,23,27). The number of amides is 1. The van der Waals surface area contributed by atoms with Crippen molar-refractivity contribution in [2.75, 3.05) is 5.32 Å². The number of carbonyl (C=O) groups is 1. The minimum Gasteiger partial charge on any atom is -0.318 e. The molecule has 0 saturated heterocycles. The Hall–Kier alpha value is -2.93. The molecule has 1 amide bonds. The van der Waals surface area contributed by atoms with Crippen LogP contribution in [0, 0.1) is 6.92 Å². The molecule has 4 aromatic rings. The zero-order valence-corrected chi connectivity index (χ0v) is 16.6. The largest absolute Gasteiger partial charge is 0.318 e. The number of rotatable bonds is 4. The molecular formula is C20H18BrN5O. The Bertz CT molecular complexity index is 1140. The molecule has 6 nitrogen and oxygen atoms in total. The number of nitrogens with one attached hydrogen (secondary N) is 1. The molecule has 0 fully saturated rings. The van der Waals surface area contributed by atoms with Gasteiger partial charge in [-0.1, -0.05) is 42.5 Å². The van der Waals surface area contributed by atoms with Gasteiger partial charge in [-0.25, -0.2) is 0 Å². The van der Waals surface area contributed by atoms with Gasteiger partial charge in [-0.15, -0.1) is 0 Å². The van der Waals surface area contributed by atoms with E-state index in [-0.39, 0.29) is 5.91 Å². The highest BCUT2D eigenvalue weighted by Crippen LogP contribution is 2.22. The first-order valence-electron chi connectivity index (χ1n) is 8.52. The molecule has 0 spiro atoms. The lowest BCUT2D eigenvalue weighted by atomic mass is 10.0. The highest BCUT2D eigenvalue weighted by molar-refractivity contribution is 9.10. The lowest BCUT2D eigenvalue weighted by Crippen LogP contribution is -2.13. The van der Waals surface area contributed by atoms with Crippen LogP contribution in [0.15, 0.2) is 59.3 Å². The quantitative estimate of drug-likeness (QED) is 0.536. The van der Waals surface area contributed by atoms with Crippen LogP contribution in [0.4, 0.5) is 5.69 Å². The molecule has 7 heteroatoms. The van der Waals surface area contributed by atoms with E-state index < -0.39 is 0 Å². The van der Waals surface area contributed by atoms with E-state index in [1.165, 1.54) is 16.3 Å². The second kappa shape index (κ2) is 7.00. The van der Waals surface area contributed by atoms with Crippen molar-refractivity contribution < 1.29 is 4.79 Å². The second-order valence-corrected chi connectivity index (χ2v) is 7.18. The van der Waals surface area contributed by atoms with E-state index in [0.29, 0.717) is 22.4 Å². The third-order valence-corrected chi connectivity index (χ3v) is 5.53. The molecule has 0 unspecified atom stereocenters. The molecule has 27 heavy (non-hydrogen) atoms. The topological polar surface area (TPSA) is 64.7 Å². The zero-order valence-electron chi connectivity index (χ0n) is 15.0. The SMILES string of the molecule is Cc1c(Br)c(C(=O)Nc2cnn(Cc3cccc4ccccc34)c2)nn1C. The van der Waals surface area contributed by atoms with E-state index in [9.17, 15) is 4.79 Å². The molecular weight excluding hydrogens is 406 g/mol. The molecule has 0 bridgehead atoms. The third kappa shape index (κ3) is 3.38. The Morgan fingerprint density at radius 2 is 1.96 bits per heavy atom. The van der Waals surface area contributed by atoms with Gasteiger partial charge in [0, 0.05) is 13.2 Å². The van der Waals surface area contributed by atoms with Crippen LogP contribution in [0.25, 0.3) is 10.8 Å². The van der Waals surface area contributed by atoms with E-state index in [1.807, 2.05) is 36.0 Å². The van der Waals surface area contributed by atoms with E-state index in [0.717, 1.165) is 5.69 Å². The first-order valence-corrected chi connectivity index (χ1v) is 9.32. The van der Waals surface area contributed by atoms with Crippen molar-refractivity contribution in [2.24, 2.45) is 7.05 Å². The smallest absolute Gasteiger partial charge is 0.277 e. The fraction of sp³-hybridized carbons (Fsp3) is 0.150. The number of hydrogen-bond donors (Lipinski definition) is 1. The number of anilines is 1. The van der Waals surface area contributed by atoms with Crippen molar-refractivity contribution in [3.05, 3.63) is 76.3 Å². The predicted octanol–water partition coefficient (Wildman–Crippen LogP) is 4.14. The average Bonchev–Trinajstić information content (AvgIpc) is 3.21. The lowest BCUT2D eigenvalue weighted by molar-refractivity contribution is 0.102. The molecule has 1 N–H and O–H groups in total. The number of hydrogen-bond acceptors (Lipinski definition) is 3. The Labute approximate surface area is 164 Å². The van der Waals surface area contributed by atoms with Crippen LogP contribution in [0.2, 0.25) is 0 Å². The molecule has 0 atom stereocenters. The van der Waals surface area contributed by atoms with E-state index in [4.69, 9.17) is 0 Å². The van der Waals surface area contributed by atoms with Crippen molar-refractivity contribution in [3.8, 4) is 0 Å². The van der Waals surface area contributed by atoms with E-state index in [2.05, 4.69) is 55.7 Å². The monoisotopic (exact) mass is 423 g/mol. The predicted molar refractivity (Wildman–Crippen MR) is 109 cm³/mol. The van der Waals surface area contributed by atoms with E-state index >= 15 is 0 Å². The van der Waals surface area contributed by atoms with Gasteiger partial charge in [0.25, 0.3) is 5.91 Å².